The third-order valence-corrected chi connectivity index (χ3v) is 7.95. The van der Waals surface area contributed by atoms with Crippen LogP contribution in [0.1, 0.15) is 13.8 Å². The largest absolute Gasteiger partial charge is 0.476 e. The molecular formula is C31H24BN3O. The zero-order valence-corrected chi connectivity index (χ0v) is 20.2. The summed E-state index contributed by atoms with van der Waals surface area (Å²) >= 11 is 0. The van der Waals surface area contributed by atoms with Crippen LogP contribution in [0.25, 0.3) is 0 Å². The maximum absolute atomic E-state index is 6.30. The number of benzene rings is 4. The standard InChI is InChI=1S/C31H24BN3O/c1-31(2)34(22-13-7-4-8-14-22)26-18-9-15-23-29(26)35(31)25-17-10-16-24-28(25)32(23)30-27(19-20-36-30)33(24)21-11-5-3-6-12-21/h3-20H,1-2H3. The highest BCUT2D eigenvalue weighted by atomic mass is 16.3. The van der Waals surface area contributed by atoms with Crippen LogP contribution >= 0.6 is 0 Å². The Balaban J connectivity index is 1.45. The fraction of sp³-hybridized carbons (Fsp3) is 0.0968. The Labute approximate surface area is 211 Å². The Bertz CT molecular complexity index is 1640. The molecule has 4 heterocycles. The molecule has 3 aliphatic heterocycles. The maximum Gasteiger partial charge on any atom is 0.297 e. The number of hydrogen-bond acceptors (Lipinski definition) is 4. The molecule has 5 aromatic rings. The van der Waals surface area contributed by atoms with Gasteiger partial charge in [0.05, 0.1) is 29.0 Å². The predicted octanol–water partition coefficient (Wildman–Crippen LogP) is 5.92. The van der Waals surface area contributed by atoms with Gasteiger partial charge in [-0.2, -0.15) is 0 Å². The summed E-state index contributed by atoms with van der Waals surface area (Å²) in [6.07, 6.45) is 1.84. The van der Waals surface area contributed by atoms with Crippen LogP contribution in [-0.2, 0) is 0 Å². The first-order chi connectivity index (χ1) is 17.7. The van der Waals surface area contributed by atoms with Crippen molar-refractivity contribution in [3.8, 4) is 0 Å². The average molecular weight is 465 g/mol. The Morgan fingerprint density at radius 2 is 1.28 bits per heavy atom. The quantitative estimate of drug-likeness (QED) is 0.296. The number of rotatable bonds is 2. The van der Waals surface area contributed by atoms with Gasteiger partial charge in [0.15, 0.2) is 0 Å². The van der Waals surface area contributed by atoms with Crippen molar-refractivity contribution in [1.29, 1.82) is 0 Å². The van der Waals surface area contributed by atoms with Crippen molar-refractivity contribution >= 4 is 63.1 Å². The minimum absolute atomic E-state index is 0.0406. The molecule has 0 amide bonds. The van der Waals surface area contributed by atoms with Crippen LogP contribution in [0.2, 0.25) is 0 Å². The molecule has 0 radical (unpaired) electrons. The van der Waals surface area contributed by atoms with E-state index >= 15 is 0 Å². The minimum Gasteiger partial charge on any atom is -0.476 e. The third kappa shape index (κ3) is 2.35. The summed E-state index contributed by atoms with van der Waals surface area (Å²) < 4.78 is 6.30. The van der Waals surface area contributed by atoms with Crippen LogP contribution in [-0.4, -0.2) is 12.4 Å². The fourth-order valence-electron chi connectivity index (χ4n) is 6.68. The summed E-state index contributed by atoms with van der Waals surface area (Å²) in [5.41, 5.74) is 11.7. The molecule has 0 atom stereocenters. The Hall–Kier alpha value is -4.38. The van der Waals surface area contributed by atoms with Crippen molar-refractivity contribution in [3.63, 3.8) is 0 Å². The van der Waals surface area contributed by atoms with E-state index in [9.17, 15) is 0 Å². The molecule has 0 aliphatic carbocycles. The van der Waals surface area contributed by atoms with Gasteiger partial charge in [0.25, 0.3) is 6.71 Å². The zero-order valence-electron chi connectivity index (χ0n) is 20.2. The van der Waals surface area contributed by atoms with E-state index in [4.69, 9.17) is 4.42 Å². The maximum atomic E-state index is 6.30. The van der Waals surface area contributed by atoms with Gasteiger partial charge in [0.1, 0.15) is 5.66 Å². The van der Waals surface area contributed by atoms with E-state index in [0.29, 0.717) is 0 Å². The lowest BCUT2D eigenvalue weighted by Crippen LogP contribution is -2.63. The number of para-hydroxylation sites is 3. The number of hydrogen-bond donors (Lipinski definition) is 0. The zero-order chi connectivity index (χ0) is 24.0. The van der Waals surface area contributed by atoms with Crippen molar-refractivity contribution in [1.82, 2.24) is 0 Å². The van der Waals surface area contributed by atoms with Gasteiger partial charge < -0.3 is 19.1 Å². The normalized spacial score (nSPS) is 16.1. The van der Waals surface area contributed by atoms with E-state index in [1.165, 1.54) is 39.4 Å². The van der Waals surface area contributed by atoms with Crippen LogP contribution in [0.4, 0.5) is 39.8 Å². The Kier molecular flexibility index (Phi) is 3.78. The smallest absolute Gasteiger partial charge is 0.297 e. The van der Waals surface area contributed by atoms with Crippen LogP contribution < -0.4 is 31.3 Å². The highest BCUT2D eigenvalue weighted by Crippen LogP contribution is 2.54. The molecule has 5 heteroatoms. The first-order valence-electron chi connectivity index (χ1n) is 12.5. The van der Waals surface area contributed by atoms with Crippen molar-refractivity contribution in [3.05, 3.63) is 109 Å². The molecule has 0 unspecified atom stereocenters. The molecule has 0 fully saturated rings. The Morgan fingerprint density at radius 3 is 2.06 bits per heavy atom. The molecule has 8 rings (SSSR count). The SMILES string of the molecule is CC1(C)N(c2ccccc2)c2cccc3c2N1c1cccc2c1B3c1occc1N2c1ccccc1. The summed E-state index contributed by atoms with van der Waals surface area (Å²) in [7, 11) is 0. The molecule has 1 aromatic heterocycles. The van der Waals surface area contributed by atoms with Crippen molar-refractivity contribution < 1.29 is 4.42 Å². The highest BCUT2D eigenvalue weighted by molar-refractivity contribution is 6.99. The predicted molar refractivity (Wildman–Crippen MR) is 149 cm³/mol. The van der Waals surface area contributed by atoms with E-state index < -0.39 is 0 Å². The van der Waals surface area contributed by atoms with Gasteiger partial charge in [0.2, 0.25) is 0 Å². The molecule has 0 saturated carbocycles. The highest BCUT2D eigenvalue weighted by Gasteiger charge is 2.53. The molecule has 4 nitrogen and oxygen atoms in total. The first kappa shape index (κ1) is 19.9. The van der Waals surface area contributed by atoms with Gasteiger partial charge in [-0.15, -0.1) is 0 Å². The lowest BCUT2D eigenvalue weighted by Gasteiger charge is -2.46. The Morgan fingerprint density at radius 1 is 0.611 bits per heavy atom. The third-order valence-electron chi connectivity index (χ3n) is 7.95. The molecule has 0 spiro atoms. The van der Waals surface area contributed by atoms with Gasteiger partial charge in [-0.3, -0.25) is 0 Å². The second-order valence-corrected chi connectivity index (χ2v) is 10.2. The van der Waals surface area contributed by atoms with Gasteiger partial charge >= 0.3 is 0 Å². The number of anilines is 7. The van der Waals surface area contributed by atoms with Crippen molar-refractivity contribution in [2.45, 2.75) is 19.5 Å². The van der Waals surface area contributed by atoms with E-state index in [2.05, 4.69) is 132 Å². The number of nitrogens with zero attached hydrogens (tertiary/aromatic N) is 3. The second-order valence-electron chi connectivity index (χ2n) is 10.2. The van der Waals surface area contributed by atoms with Crippen LogP contribution in [0.15, 0.2) is 114 Å². The molecule has 172 valence electrons. The van der Waals surface area contributed by atoms with Crippen molar-refractivity contribution in [2.75, 3.05) is 14.7 Å². The van der Waals surface area contributed by atoms with Gasteiger partial charge in [-0.05, 0) is 73.3 Å². The molecule has 4 aromatic carbocycles. The van der Waals surface area contributed by atoms with Gasteiger partial charge in [-0.25, -0.2) is 0 Å². The monoisotopic (exact) mass is 465 g/mol. The summed E-state index contributed by atoms with van der Waals surface area (Å²) in [5, 5.41) is 0. The minimum atomic E-state index is -0.305. The molecule has 0 N–H and O–H groups in total. The lowest BCUT2D eigenvalue weighted by atomic mass is 9.35. The van der Waals surface area contributed by atoms with Crippen LogP contribution in [0.5, 0.6) is 0 Å². The topological polar surface area (TPSA) is 22.9 Å². The molecular weight excluding hydrogens is 441 g/mol. The van der Waals surface area contributed by atoms with Crippen LogP contribution in [0.3, 0.4) is 0 Å². The number of fused-ring (bicyclic) bond motifs is 4. The number of furan rings is 1. The van der Waals surface area contributed by atoms with E-state index in [1.54, 1.807) is 0 Å². The van der Waals surface area contributed by atoms with Gasteiger partial charge in [-0.1, -0.05) is 54.6 Å². The van der Waals surface area contributed by atoms with Gasteiger partial charge in [0, 0.05) is 22.7 Å². The fourth-order valence-corrected chi connectivity index (χ4v) is 6.68. The molecule has 0 saturated heterocycles. The second kappa shape index (κ2) is 6.85. The molecule has 3 aliphatic rings. The molecule has 0 bridgehead atoms. The van der Waals surface area contributed by atoms with E-state index in [-0.39, 0.29) is 12.4 Å². The van der Waals surface area contributed by atoms with E-state index in [0.717, 1.165) is 17.0 Å². The summed E-state index contributed by atoms with van der Waals surface area (Å²) in [6, 6.07) is 36.9. The summed E-state index contributed by atoms with van der Waals surface area (Å²) in [6.45, 7) is 4.68. The summed E-state index contributed by atoms with van der Waals surface area (Å²) in [4.78, 5) is 7.36. The van der Waals surface area contributed by atoms with E-state index in [1.807, 2.05) is 6.26 Å². The van der Waals surface area contributed by atoms with Crippen molar-refractivity contribution in [2.24, 2.45) is 0 Å². The average Bonchev–Trinajstić information content (AvgIpc) is 3.48. The first-order valence-corrected chi connectivity index (χ1v) is 12.5. The molecule has 36 heavy (non-hydrogen) atoms. The van der Waals surface area contributed by atoms with Crippen LogP contribution in [0, 0.1) is 0 Å². The lowest BCUT2D eigenvalue weighted by molar-refractivity contribution is 0.540. The summed E-state index contributed by atoms with van der Waals surface area (Å²) in [5.74, 6) is 0.